The number of methoxy groups -OCH3 is 1. The van der Waals surface area contributed by atoms with Crippen LogP contribution in [0.3, 0.4) is 0 Å². The van der Waals surface area contributed by atoms with Crippen LogP contribution in [0.4, 0.5) is 0 Å². The van der Waals surface area contributed by atoms with Crippen LogP contribution < -0.4 is 10.1 Å². The normalized spacial score (nSPS) is 21.6. The van der Waals surface area contributed by atoms with Crippen LogP contribution in [0.2, 0.25) is 0 Å². The molecule has 1 fully saturated rings. The van der Waals surface area contributed by atoms with Crippen LogP contribution in [-0.2, 0) is 14.9 Å². The number of hydrogen-bond donors (Lipinski definition) is 1. The predicted molar refractivity (Wildman–Crippen MR) is 96.4 cm³/mol. The third kappa shape index (κ3) is 4.97. The van der Waals surface area contributed by atoms with E-state index in [0.29, 0.717) is 13.0 Å². The first kappa shape index (κ1) is 18.8. The molecule has 0 bridgehead atoms. The van der Waals surface area contributed by atoms with Gasteiger partial charge in [-0.25, -0.2) is 0 Å². The zero-order chi connectivity index (χ0) is 18.0. The molecule has 1 N–H and O–H groups in total. The monoisotopic (exact) mass is 333 g/mol. The van der Waals surface area contributed by atoms with Gasteiger partial charge in [-0.2, -0.15) is 0 Å². The van der Waals surface area contributed by atoms with Crippen LogP contribution in [-0.4, -0.2) is 31.8 Å². The number of carbonyl (C=O) groups excluding carboxylic acids is 1. The number of hydrogen-bond acceptors (Lipinski definition) is 4. The maximum atomic E-state index is 11.5. The fourth-order valence-electron chi connectivity index (χ4n) is 3.72. The lowest BCUT2D eigenvalue weighted by atomic mass is 9.72. The highest BCUT2D eigenvalue weighted by atomic mass is 16.5. The van der Waals surface area contributed by atoms with Crippen molar-refractivity contribution in [1.82, 2.24) is 5.32 Å². The van der Waals surface area contributed by atoms with Crippen molar-refractivity contribution < 1.29 is 14.3 Å². The van der Waals surface area contributed by atoms with E-state index in [-0.39, 0.29) is 28.9 Å². The van der Waals surface area contributed by atoms with Crippen molar-refractivity contribution in [2.24, 2.45) is 5.41 Å². The highest BCUT2D eigenvalue weighted by Crippen LogP contribution is 2.36. The van der Waals surface area contributed by atoms with Crippen LogP contribution in [0.5, 0.6) is 5.75 Å². The summed E-state index contributed by atoms with van der Waals surface area (Å²) in [6, 6.07) is 8.11. The SMILES string of the molecule is COC(=O)[C@@H]1C[C@H](Oc2ccc(C(C)(C)CC(C)(C)C)cc2)CN1. The van der Waals surface area contributed by atoms with Crippen LogP contribution in [0.1, 0.15) is 53.0 Å². The van der Waals surface area contributed by atoms with E-state index in [1.807, 2.05) is 12.1 Å². The predicted octanol–water partition coefficient (Wildman–Crippen LogP) is 3.68. The Balaban J connectivity index is 1.97. The molecule has 2 atom stereocenters. The quantitative estimate of drug-likeness (QED) is 0.835. The minimum absolute atomic E-state index is 0.00235. The van der Waals surface area contributed by atoms with Gasteiger partial charge in [0.25, 0.3) is 0 Å². The van der Waals surface area contributed by atoms with E-state index < -0.39 is 0 Å². The molecule has 0 aliphatic carbocycles. The highest BCUT2D eigenvalue weighted by Gasteiger charge is 2.31. The summed E-state index contributed by atoms with van der Waals surface area (Å²) in [6.07, 6.45) is 1.76. The van der Waals surface area contributed by atoms with E-state index in [4.69, 9.17) is 9.47 Å². The minimum Gasteiger partial charge on any atom is -0.489 e. The van der Waals surface area contributed by atoms with Gasteiger partial charge in [0, 0.05) is 13.0 Å². The van der Waals surface area contributed by atoms with Gasteiger partial charge in [-0.3, -0.25) is 4.79 Å². The van der Waals surface area contributed by atoms with E-state index in [1.54, 1.807) is 0 Å². The molecule has 0 radical (unpaired) electrons. The van der Waals surface area contributed by atoms with Gasteiger partial charge in [0.05, 0.1) is 7.11 Å². The topological polar surface area (TPSA) is 47.6 Å². The number of benzene rings is 1. The van der Waals surface area contributed by atoms with Gasteiger partial charge >= 0.3 is 5.97 Å². The number of ether oxygens (including phenoxy) is 2. The molecule has 0 aromatic heterocycles. The average molecular weight is 333 g/mol. The summed E-state index contributed by atoms with van der Waals surface area (Å²) in [5.74, 6) is 0.628. The highest BCUT2D eigenvalue weighted by molar-refractivity contribution is 5.76. The van der Waals surface area contributed by atoms with Gasteiger partial charge in [0.1, 0.15) is 17.9 Å². The number of esters is 1. The minimum atomic E-state index is -0.259. The lowest BCUT2D eigenvalue weighted by Crippen LogP contribution is -2.31. The molecule has 24 heavy (non-hydrogen) atoms. The van der Waals surface area contributed by atoms with Gasteiger partial charge in [-0.1, -0.05) is 46.8 Å². The van der Waals surface area contributed by atoms with Crippen molar-refractivity contribution in [3.05, 3.63) is 29.8 Å². The summed E-state index contributed by atoms with van der Waals surface area (Å²) in [7, 11) is 1.41. The first-order chi connectivity index (χ1) is 11.1. The second-order valence-corrected chi connectivity index (χ2v) is 8.61. The van der Waals surface area contributed by atoms with Crippen molar-refractivity contribution in [2.75, 3.05) is 13.7 Å². The second kappa shape index (κ2) is 7.14. The molecule has 1 aliphatic heterocycles. The van der Waals surface area contributed by atoms with Crippen molar-refractivity contribution in [3.8, 4) is 5.75 Å². The third-order valence-corrected chi connectivity index (χ3v) is 4.49. The Kier molecular flexibility index (Phi) is 5.59. The smallest absolute Gasteiger partial charge is 0.323 e. The maximum Gasteiger partial charge on any atom is 0.323 e. The Morgan fingerprint density at radius 2 is 1.79 bits per heavy atom. The fourth-order valence-corrected chi connectivity index (χ4v) is 3.72. The molecule has 4 nitrogen and oxygen atoms in total. The molecular weight excluding hydrogens is 302 g/mol. The number of nitrogens with one attached hydrogen (secondary N) is 1. The molecule has 0 unspecified atom stereocenters. The molecule has 134 valence electrons. The van der Waals surface area contributed by atoms with Gasteiger partial charge < -0.3 is 14.8 Å². The molecule has 1 saturated heterocycles. The molecule has 1 aliphatic rings. The Hall–Kier alpha value is -1.55. The average Bonchev–Trinajstić information content (AvgIpc) is 2.93. The second-order valence-electron chi connectivity index (χ2n) is 8.61. The number of carbonyl (C=O) groups is 1. The van der Waals surface area contributed by atoms with Crippen LogP contribution in [0, 0.1) is 5.41 Å². The first-order valence-electron chi connectivity index (χ1n) is 8.69. The Morgan fingerprint density at radius 3 is 2.33 bits per heavy atom. The van der Waals surface area contributed by atoms with E-state index >= 15 is 0 Å². The van der Waals surface area contributed by atoms with Crippen molar-refractivity contribution in [1.29, 1.82) is 0 Å². The Bertz CT molecular complexity index is 557. The summed E-state index contributed by atoms with van der Waals surface area (Å²) in [4.78, 5) is 11.5. The summed E-state index contributed by atoms with van der Waals surface area (Å²) in [6.45, 7) is 12.1. The largest absolute Gasteiger partial charge is 0.489 e. The zero-order valence-electron chi connectivity index (χ0n) is 15.8. The molecule has 1 heterocycles. The third-order valence-electron chi connectivity index (χ3n) is 4.49. The summed E-state index contributed by atoms with van der Waals surface area (Å²) in [5.41, 5.74) is 1.74. The van der Waals surface area contributed by atoms with Crippen LogP contribution in [0.15, 0.2) is 24.3 Å². The molecule has 0 saturated carbocycles. The lowest BCUT2D eigenvalue weighted by Gasteiger charge is -2.33. The van der Waals surface area contributed by atoms with E-state index in [9.17, 15) is 4.79 Å². The molecule has 4 heteroatoms. The molecule has 1 aromatic carbocycles. The molecule has 0 spiro atoms. The van der Waals surface area contributed by atoms with Crippen LogP contribution in [0.25, 0.3) is 0 Å². The van der Waals surface area contributed by atoms with Gasteiger partial charge in [-0.15, -0.1) is 0 Å². The Morgan fingerprint density at radius 1 is 1.17 bits per heavy atom. The van der Waals surface area contributed by atoms with Gasteiger partial charge in [0.15, 0.2) is 0 Å². The van der Waals surface area contributed by atoms with Crippen LogP contribution >= 0.6 is 0 Å². The van der Waals surface area contributed by atoms with E-state index in [1.165, 1.54) is 12.7 Å². The van der Waals surface area contributed by atoms with Crippen molar-refractivity contribution in [2.45, 2.75) is 65.0 Å². The summed E-state index contributed by atoms with van der Waals surface area (Å²) < 4.78 is 10.8. The summed E-state index contributed by atoms with van der Waals surface area (Å²) >= 11 is 0. The molecule has 0 amide bonds. The van der Waals surface area contributed by atoms with Gasteiger partial charge in [-0.05, 0) is 34.9 Å². The van der Waals surface area contributed by atoms with E-state index in [2.05, 4.69) is 52.1 Å². The lowest BCUT2D eigenvalue weighted by molar-refractivity contribution is -0.142. The Labute approximate surface area is 145 Å². The summed E-state index contributed by atoms with van der Waals surface area (Å²) in [5, 5.41) is 3.14. The zero-order valence-corrected chi connectivity index (χ0v) is 15.8. The standard InChI is InChI=1S/C20H31NO3/c1-19(2,3)13-20(4,5)14-7-9-15(10-8-14)24-16-11-17(21-12-16)18(22)23-6/h7-10,16-17,21H,11-13H2,1-6H3/t16-,17-/m0/s1. The van der Waals surface area contributed by atoms with Crippen molar-refractivity contribution >= 4 is 5.97 Å². The number of rotatable bonds is 5. The maximum absolute atomic E-state index is 11.5. The molecule has 1 aromatic rings. The molecule has 2 rings (SSSR count). The molecular formula is C20H31NO3. The van der Waals surface area contributed by atoms with Crippen molar-refractivity contribution in [3.63, 3.8) is 0 Å². The van der Waals surface area contributed by atoms with Gasteiger partial charge in [0.2, 0.25) is 0 Å². The van der Waals surface area contributed by atoms with E-state index in [0.717, 1.165) is 12.2 Å². The first-order valence-corrected chi connectivity index (χ1v) is 8.69. The fraction of sp³-hybridized carbons (Fsp3) is 0.650.